The quantitative estimate of drug-likeness (QED) is 0.565. The summed E-state index contributed by atoms with van der Waals surface area (Å²) in [7, 11) is 1.56. The van der Waals surface area contributed by atoms with Crippen molar-refractivity contribution < 1.29 is 14.3 Å². The number of carbonyl (C=O) groups excluding carboxylic acids is 1. The molecule has 0 saturated carbocycles. The zero-order valence-electron chi connectivity index (χ0n) is 16.7. The van der Waals surface area contributed by atoms with Crippen LogP contribution in [0.2, 0.25) is 0 Å². The molecule has 0 saturated heterocycles. The standard InChI is InChI=1S/C24H23N3O3/c1-3-15-30-22-16-18(9-10-21(22)29-2)17-26-24(28)27-23(19-7-5-4-6-8-19)20-11-13-25-14-12-20/h1,4-14,16,23H,15,17H2,2H3,(H2,26,27,28). The SMILES string of the molecule is C#CCOc1cc(CNC(=O)NC(c2ccccc2)c2ccncc2)ccc1OC. The van der Waals surface area contributed by atoms with Crippen molar-refractivity contribution in [1.82, 2.24) is 15.6 Å². The van der Waals surface area contributed by atoms with Gasteiger partial charge in [0.1, 0.15) is 6.61 Å². The lowest BCUT2D eigenvalue weighted by Gasteiger charge is -2.20. The van der Waals surface area contributed by atoms with E-state index in [0.717, 1.165) is 16.7 Å². The molecular weight excluding hydrogens is 378 g/mol. The van der Waals surface area contributed by atoms with E-state index in [1.165, 1.54) is 0 Å². The minimum Gasteiger partial charge on any atom is -0.493 e. The van der Waals surface area contributed by atoms with Gasteiger partial charge in [-0.15, -0.1) is 6.42 Å². The number of nitrogens with one attached hydrogen (secondary N) is 2. The Labute approximate surface area is 176 Å². The van der Waals surface area contributed by atoms with E-state index >= 15 is 0 Å². The summed E-state index contributed by atoms with van der Waals surface area (Å²) in [5, 5.41) is 5.92. The normalized spacial score (nSPS) is 11.1. The molecular formula is C24H23N3O3. The molecule has 0 radical (unpaired) electrons. The molecule has 0 bridgehead atoms. The number of hydrogen-bond donors (Lipinski definition) is 2. The van der Waals surface area contributed by atoms with Gasteiger partial charge in [0.15, 0.2) is 11.5 Å². The van der Waals surface area contributed by atoms with Crippen LogP contribution in [-0.2, 0) is 6.54 Å². The fourth-order valence-electron chi connectivity index (χ4n) is 2.99. The van der Waals surface area contributed by atoms with Gasteiger partial charge in [0.2, 0.25) is 0 Å². The molecule has 0 spiro atoms. The molecule has 1 unspecified atom stereocenters. The first kappa shape index (κ1) is 20.7. The molecule has 6 heteroatoms. The third kappa shape index (κ3) is 5.52. The number of aromatic nitrogens is 1. The molecule has 1 atom stereocenters. The number of amides is 2. The Kier molecular flexibility index (Phi) is 7.28. The molecule has 2 N–H and O–H groups in total. The summed E-state index contributed by atoms with van der Waals surface area (Å²) in [6.45, 7) is 0.457. The van der Waals surface area contributed by atoms with Gasteiger partial charge in [-0.05, 0) is 41.0 Å². The van der Waals surface area contributed by atoms with E-state index in [9.17, 15) is 4.79 Å². The monoisotopic (exact) mass is 401 g/mol. The molecule has 152 valence electrons. The summed E-state index contributed by atoms with van der Waals surface area (Å²) >= 11 is 0. The number of rotatable bonds is 8. The molecule has 30 heavy (non-hydrogen) atoms. The lowest BCUT2D eigenvalue weighted by molar-refractivity contribution is 0.238. The molecule has 0 aliphatic carbocycles. The first-order chi connectivity index (χ1) is 14.7. The molecule has 2 aromatic carbocycles. The van der Waals surface area contributed by atoms with Crippen LogP contribution in [0.5, 0.6) is 11.5 Å². The van der Waals surface area contributed by atoms with Crippen molar-refractivity contribution in [1.29, 1.82) is 0 Å². The van der Waals surface area contributed by atoms with Crippen molar-refractivity contribution >= 4 is 6.03 Å². The molecule has 6 nitrogen and oxygen atoms in total. The van der Waals surface area contributed by atoms with Crippen LogP contribution in [0.15, 0.2) is 73.1 Å². The largest absolute Gasteiger partial charge is 0.493 e. The highest BCUT2D eigenvalue weighted by molar-refractivity contribution is 5.75. The average molecular weight is 401 g/mol. The first-order valence-corrected chi connectivity index (χ1v) is 9.43. The topological polar surface area (TPSA) is 72.5 Å². The number of benzene rings is 2. The summed E-state index contributed by atoms with van der Waals surface area (Å²) in [6, 6.07) is 18.4. The second kappa shape index (κ2) is 10.5. The summed E-state index contributed by atoms with van der Waals surface area (Å²) in [4.78, 5) is 16.7. The first-order valence-electron chi connectivity index (χ1n) is 9.43. The Hall–Kier alpha value is -3.98. The highest BCUT2D eigenvalue weighted by atomic mass is 16.5. The van der Waals surface area contributed by atoms with E-state index in [0.29, 0.717) is 18.0 Å². The number of terminal acetylenes is 1. The van der Waals surface area contributed by atoms with Crippen LogP contribution in [0.1, 0.15) is 22.7 Å². The van der Waals surface area contributed by atoms with Crippen molar-refractivity contribution in [2.75, 3.05) is 13.7 Å². The van der Waals surface area contributed by atoms with Gasteiger partial charge in [0.05, 0.1) is 13.2 Å². The van der Waals surface area contributed by atoms with Crippen molar-refractivity contribution in [2.24, 2.45) is 0 Å². The molecule has 1 aromatic heterocycles. The van der Waals surface area contributed by atoms with Crippen LogP contribution in [0.4, 0.5) is 4.79 Å². The number of nitrogens with zero attached hydrogens (tertiary/aromatic N) is 1. The van der Waals surface area contributed by atoms with Crippen molar-refractivity contribution in [3.63, 3.8) is 0 Å². The average Bonchev–Trinajstić information content (AvgIpc) is 2.81. The molecule has 0 fully saturated rings. The van der Waals surface area contributed by atoms with E-state index in [2.05, 4.69) is 21.5 Å². The van der Waals surface area contributed by atoms with Crippen LogP contribution >= 0.6 is 0 Å². The molecule has 0 aliphatic rings. The van der Waals surface area contributed by atoms with Crippen LogP contribution in [0.3, 0.4) is 0 Å². The van der Waals surface area contributed by atoms with Gasteiger partial charge in [-0.2, -0.15) is 0 Å². The summed E-state index contributed by atoms with van der Waals surface area (Å²) in [5.74, 6) is 3.55. The zero-order valence-corrected chi connectivity index (χ0v) is 16.7. The minimum absolute atomic E-state index is 0.137. The minimum atomic E-state index is -0.292. The second-order valence-electron chi connectivity index (χ2n) is 6.43. The predicted molar refractivity (Wildman–Crippen MR) is 115 cm³/mol. The third-order valence-corrected chi connectivity index (χ3v) is 4.44. The van der Waals surface area contributed by atoms with Crippen LogP contribution in [-0.4, -0.2) is 24.7 Å². The lowest BCUT2D eigenvalue weighted by Crippen LogP contribution is -2.38. The van der Waals surface area contributed by atoms with Gasteiger partial charge >= 0.3 is 6.03 Å². The smallest absolute Gasteiger partial charge is 0.315 e. The van der Waals surface area contributed by atoms with E-state index < -0.39 is 0 Å². The van der Waals surface area contributed by atoms with E-state index in [-0.39, 0.29) is 18.7 Å². The number of ether oxygens (including phenoxy) is 2. The Morgan fingerprint density at radius 2 is 1.80 bits per heavy atom. The lowest BCUT2D eigenvalue weighted by atomic mass is 10.00. The van der Waals surface area contributed by atoms with Crippen LogP contribution in [0.25, 0.3) is 0 Å². The molecule has 3 aromatic rings. The van der Waals surface area contributed by atoms with Gasteiger partial charge in [-0.1, -0.05) is 42.3 Å². The van der Waals surface area contributed by atoms with Crippen molar-refractivity contribution in [3.05, 3.63) is 89.7 Å². The second-order valence-corrected chi connectivity index (χ2v) is 6.43. The van der Waals surface area contributed by atoms with Gasteiger partial charge in [0, 0.05) is 18.9 Å². The van der Waals surface area contributed by atoms with Crippen molar-refractivity contribution in [3.8, 4) is 23.8 Å². The maximum Gasteiger partial charge on any atom is 0.315 e. The van der Waals surface area contributed by atoms with Crippen LogP contribution in [0, 0.1) is 12.3 Å². The summed E-state index contributed by atoms with van der Waals surface area (Å²) < 4.78 is 10.8. The van der Waals surface area contributed by atoms with Crippen LogP contribution < -0.4 is 20.1 Å². The Morgan fingerprint density at radius 1 is 1.07 bits per heavy atom. The maximum absolute atomic E-state index is 12.6. The Balaban J connectivity index is 1.68. The van der Waals surface area contributed by atoms with E-state index in [4.69, 9.17) is 15.9 Å². The fourth-order valence-corrected chi connectivity index (χ4v) is 2.99. The van der Waals surface area contributed by atoms with Crippen molar-refractivity contribution in [2.45, 2.75) is 12.6 Å². The number of methoxy groups -OCH3 is 1. The van der Waals surface area contributed by atoms with E-state index in [1.54, 1.807) is 31.6 Å². The third-order valence-electron chi connectivity index (χ3n) is 4.44. The number of pyridine rings is 1. The fraction of sp³-hybridized carbons (Fsp3) is 0.167. The van der Waals surface area contributed by atoms with Gasteiger partial charge < -0.3 is 20.1 Å². The number of urea groups is 1. The molecule has 2 amide bonds. The summed E-state index contributed by atoms with van der Waals surface area (Å²) in [5.41, 5.74) is 2.78. The Morgan fingerprint density at radius 3 is 2.50 bits per heavy atom. The number of hydrogen-bond acceptors (Lipinski definition) is 4. The molecule has 1 heterocycles. The highest BCUT2D eigenvalue weighted by Crippen LogP contribution is 2.28. The van der Waals surface area contributed by atoms with Gasteiger partial charge in [-0.25, -0.2) is 4.79 Å². The maximum atomic E-state index is 12.6. The highest BCUT2D eigenvalue weighted by Gasteiger charge is 2.16. The molecule has 3 rings (SSSR count). The van der Waals surface area contributed by atoms with Gasteiger partial charge in [-0.3, -0.25) is 4.98 Å². The summed E-state index contributed by atoms with van der Waals surface area (Å²) in [6.07, 6.45) is 8.68. The predicted octanol–water partition coefficient (Wildman–Crippen LogP) is 3.69. The molecule has 0 aliphatic heterocycles. The number of carbonyl (C=O) groups is 1. The van der Waals surface area contributed by atoms with Gasteiger partial charge in [0.25, 0.3) is 0 Å². The van der Waals surface area contributed by atoms with E-state index in [1.807, 2.05) is 48.5 Å². The zero-order chi connectivity index (χ0) is 21.2. The Bertz CT molecular complexity index is 962.